The highest BCUT2D eigenvalue weighted by Crippen LogP contribution is 2.38. The number of ether oxygens (including phenoxy) is 2. The first kappa shape index (κ1) is 18.6. The van der Waals surface area contributed by atoms with Crippen molar-refractivity contribution in [3.05, 3.63) is 71.0 Å². The van der Waals surface area contributed by atoms with Gasteiger partial charge in [-0.25, -0.2) is 9.18 Å². The van der Waals surface area contributed by atoms with E-state index < -0.39 is 6.29 Å². The van der Waals surface area contributed by atoms with Crippen molar-refractivity contribution in [2.75, 3.05) is 33.3 Å². The minimum absolute atomic E-state index is 0.227. The molecule has 0 aliphatic carbocycles. The van der Waals surface area contributed by atoms with Gasteiger partial charge in [-0.3, -0.25) is 4.90 Å². The monoisotopic (exact) mass is 396 g/mol. The molecule has 6 heteroatoms. The lowest BCUT2D eigenvalue weighted by atomic mass is 9.88. The molecule has 0 unspecified atom stereocenters. The van der Waals surface area contributed by atoms with Crippen molar-refractivity contribution in [1.29, 1.82) is 0 Å². The molecule has 0 bridgehead atoms. The van der Waals surface area contributed by atoms with Gasteiger partial charge in [-0.1, -0.05) is 36.4 Å². The summed E-state index contributed by atoms with van der Waals surface area (Å²) in [7, 11) is 2.09. The molecular weight excluding hydrogens is 371 g/mol. The van der Waals surface area contributed by atoms with Gasteiger partial charge in [-0.15, -0.1) is 0 Å². The number of rotatable bonds is 2. The van der Waals surface area contributed by atoms with E-state index in [1.54, 1.807) is 17.0 Å². The van der Waals surface area contributed by atoms with E-state index >= 15 is 0 Å². The number of hydrogen-bond acceptors (Lipinski definition) is 4. The second-order valence-electron chi connectivity index (χ2n) is 8.33. The normalized spacial score (nSPS) is 28.8. The number of halogens is 1. The molecule has 5 rings (SSSR count). The van der Waals surface area contributed by atoms with Crippen LogP contribution in [0.4, 0.5) is 9.18 Å². The molecule has 3 aliphatic rings. The van der Waals surface area contributed by atoms with Crippen molar-refractivity contribution >= 4 is 6.09 Å². The molecule has 0 saturated carbocycles. The van der Waals surface area contributed by atoms with Crippen molar-refractivity contribution in [3.63, 3.8) is 0 Å². The second kappa shape index (κ2) is 7.43. The number of carbonyl (C=O) groups excluding carboxylic acids is 1. The van der Waals surface area contributed by atoms with Gasteiger partial charge in [0.2, 0.25) is 6.29 Å². The van der Waals surface area contributed by atoms with Crippen LogP contribution in [0, 0.1) is 17.7 Å². The van der Waals surface area contributed by atoms with Crippen LogP contribution < -0.4 is 0 Å². The van der Waals surface area contributed by atoms with E-state index in [1.165, 1.54) is 17.7 Å². The van der Waals surface area contributed by atoms with Crippen molar-refractivity contribution in [3.8, 4) is 0 Å². The predicted octanol–water partition coefficient (Wildman–Crippen LogP) is 3.44. The molecule has 2 fully saturated rings. The summed E-state index contributed by atoms with van der Waals surface area (Å²) in [6, 6.07) is 14.2. The third kappa shape index (κ3) is 3.40. The summed E-state index contributed by atoms with van der Waals surface area (Å²) in [5.74, 6) is 0.362. The van der Waals surface area contributed by atoms with Crippen LogP contribution in [0.2, 0.25) is 0 Å². The molecule has 3 aliphatic heterocycles. The zero-order valence-electron chi connectivity index (χ0n) is 16.5. The lowest BCUT2D eigenvalue weighted by molar-refractivity contribution is -0.102. The first-order valence-corrected chi connectivity index (χ1v) is 10.2. The Morgan fingerprint density at radius 2 is 1.93 bits per heavy atom. The van der Waals surface area contributed by atoms with Gasteiger partial charge in [0.25, 0.3) is 0 Å². The molecule has 0 spiro atoms. The van der Waals surface area contributed by atoms with Crippen LogP contribution in [0.3, 0.4) is 0 Å². The SMILES string of the molecule is CN1C[C@@H]2CO[C@H](OC(=O)N3CCc4ccccc4[C@@H]3c3ccc(F)cc3)[C@@H]2C1. The van der Waals surface area contributed by atoms with Crippen LogP contribution in [0.1, 0.15) is 22.7 Å². The van der Waals surface area contributed by atoms with Gasteiger partial charge >= 0.3 is 6.09 Å². The largest absolute Gasteiger partial charge is 0.419 e. The molecule has 0 N–H and O–H groups in total. The average molecular weight is 396 g/mol. The Morgan fingerprint density at radius 1 is 1.14 bits per heavy atom. The predicted molar refractivity (Wildman–Crippen MR) is 106 cm³/mol. The van der Waals surface area contributed by atoms with Gasteiger partial charge in [-0.2, -0.15) is 0 Å². The molecule has 152 valence electrons. The van der Waals surface area contributed by atoms with E-state index in [9.17, 15) is 9.18 Å². The Hall–Kier alpha value is -2.44. The molecule has 5 nitrogen and oxygen atoms in total. The first-order chi connectivity index (χ1) is 14.1. The van der Waals surface area contributed by atoms with Crippen molar-refractivity contribution < 1.29 is 18.7 Å². The van der Waals surface area contributed by atoms with Crippen molar-refractivity contribution in [1.82, 2.24) is 9.80 Å². The number of hydrogen-bond donors (Lipinski definition) is 0. The minimum Gasteiger partial charge on any atom is -0.419 e. The van der Waals surface area contributed by atoms with Crippen LogP contribution in [0.5, 0.6) is 0 Å². The van der Waals surface area contributed by atoms with Gasteiger partial charge < -0.3 is 14.4 Å². The zero-order chi connectivity index (χ0) is 20.0. The topological polar surface area (TPSA) is 42.0 Å². The molecule has 3 heterocycles. The van der Waals surface area contributed by atoms with Gasteiger partial charge in [0.05, 0.1) is 12.6 Å². The van der Waals surface area contributed by atoms with Crippen LogP contribution in [-0.4, -0.2) is 55.5 Å². The van der Waals surface area contributed by atoms with Crippen LogP contribution in [0.15, 0.2) is 48.5 Å². The summed E-state index contributed by atoms with van der Waals surface area (Å²) in [5, 5.41) is 0. The summed E-state index contributed by atoms with van der Waals surface area (Å²) in [6.07, 6.45) is -0.0963. The highest BCUT2D eigenvalue weighted by atomic mass is 19.1. The average Bonchev–Trinajstić information content (AvgIpc) is 3.27. The number of fused-ring (bicyclic) bond motifs is 2. The zero-order valence-corrected chi connectivity index (χ0v) is 16.5. The Balaban J connectivity index is 1.42. The molecule has 2 saturated heterocycles. The molecule has 4 atom stereocenters. The number of benzene rings is 2. The molecule has 1 amide bonds. The summed E-state index contributed by atoms with van der Waals surface area (Å²) >= 11 is 0. The number of amides is 1. The van der Waals surface area contributed by atoms with Crippen LogP contribution >= 0.6 is 0 Å². The van der Waals surface area contributed by atoms with Crippen molar-refractivity contribution in [2.45, 2.75) is 18.8 Å². The van der Waals surface area contributed by atoms with Crippen molar-refractivity contribution in [2.24, 2.45) is 11.8 Å². The minimum atomic E-state index is -0.497. The van der Waals surface area contributed by atoms with E-state index in [0.717, 1.165) is 30.6 Å². The second-order valence-corrected chi connectivity index (χ2v) is 8.33. The Bertz CT molecular complexity index is 903. The van der Waals surface area contributed by atoms with Gasteiger partial charge in [0.15, 0.2) is 0 Å². The summed E-state index contributed by atoms with van der Waals surface area (Å²) in [4.78, 5) is 17.2. The maximum absolute atomic E-state index is 13.5. The third-order valence-electron chi connectivity index (χ3n) is 6.42. The third-order valence-corrected chi connectivity index (χ3v) is 6.42. The Labute approximate surface area is 170 Å². The van der Waals surface area contributed by atoms with E-state index in [-0.39, 0.29) is 23.9 Å². The smallest absolute Gasteiger partial charge is 0.412 e. The molecule has 2 aromatic rings. The van der Waals surface area contributed by atoms with E-state index in [2.05, 4.69) is 18.0 Å². The maximum atomic E-state index is 13.5. The van der Waals surface area contributed by atoms with Crippen LogP contribution in [-0.2, 0) is 15.9 Å². The summed E-state index contributed by atoms with van der Waals surface area (Å²) < 4.78 is 25.2. The van der Waals surface area contributed by atoms with Gasteiger partial charge in [-0.05, 0) is 42.3 Å². The molecule has 2 aromatic carbocycles. The Kier molecular flexibility index (Phi) is 4.76. The standard InChI is InChI=1S/C23H25FN2O3/c1-25-12-17-14-28-22(20(17)13-25)29-23(27)26-11-10-15-4-2-3-5-19(15)21(26)16-6-8-18(24)9-7-16/h2-9,17,20-22H,10-14H2,1H3/t17-,20-,21+,22-/m1/s1. The molecule has 29 heavy (non-hydrogen) atoms. The van der Waals surface area contributed by atoms with E-state index in [0.29, 0.717) is 19.1 Å². The van der Waals surface area contributed by atoms with E-state index in [4.69, 9.17) is 9.47 Å². The Morgan fingerprint density at radius 3 is 2.76 bits per heavy atom. The molecular formula is C23H25FN2O3. The van der Waals surface area contributed by atoms with Crippen LogP contribution in [0.25, 0.3) is 0 Å². The number of carbonyl (C=O) groups is 1. The highest BCUT2D eigenvalue weighted by molar-refractivity contribution is 5.70. The fourth-order valence-corrected chi connectivity index (χ4v) is 5.00. The molecule has 0 radical (unpaired) electrons. The van der Waals surface area contributed by atoms with Gasteiger partial charge in [0, 0.05) is 31.5 Å². The maximum Gasteiger partial charge on any atom is 0.412 e. The number of nitrogens with zero attached hydrogens (tertiary/aromatic N) is 2. The quantitative estimate of drug-likeness (QED) is 0.780. The number of likely N-dealkylation sites (tertiary alicyclic amines) is 1. The first-order valence-electron chi connectivity index (χ1n) is 10.2. The highest BCUT2D eigenvalue weighted by Gasteiger charge is 2.46. The molecule has 0 aromatic heterocycles. The fraction of sp³-hybridized carbons (Fsp3) is 0.435. The lowest BCUT2D eigenvalue weighted by Crippen LogP contribution is -2.43. The fourth-order valence-electron chi connectivity index (χ4n) is 5.00. The lowest BCUT2D eigenvalue weighted by Gasteiger charge is -2.37. The summed E-state index contributed by atoms with van der Waals surface area (Å²) in [6.45, 7) is 3.05. The summed E-state index contributed by atoms with van der Waals surface area (Å²) in [5.41, 5.74) is 3.15. The van der Waals surface area contributed by atoms with Gasteiger partial charge in [0.1, 0.15) is 5.82 Å². The van der Waals surface area contributed by atoms with E-state index in [1.807, 2.05) is 18.2 Å².